The zero-order chi connectivity index (χ0) is 16.8. The Bertz CT molecular complexity index is 670. The topological polar surface area (TPSA) is 84.1 Å². The van der Waals surface area contributed by atoms with Gasteiger partial charge in [-0.3, -0.25) is 4.79 Å². The summed E-state index contributed by atoms with van der Waals surface area (Å²) in [4.78, 5) is 22.6. The fourth-order valence-corrected chi connectivity index (χ4v) is 3.03. The van der Waals surface area contributed by atoms with Gasteiger partial charge in [0.2, 0.25) is 0 Å². The van der Waals surface area contributed by atoms with Crippen LogP contribution in [0.5, 0.6) is 0 Å². The molecule has 0 radical (unpaired) electrons. The number of carbonyl (C=O) groups is 1. The van der Waals surface area contributed by atoms with E-state index < -0.39 is 5.91 Å². The van der Waals surface area contributed by atoms with Gasteiger partial charge >= 0.3 is 0 Å². The van der Waals surface area contributed by atoms with E-state index in [-0.39, 0.29) is 11.7 Å². The summed E-state index contributed by atoms with van der Waals surface area (Å²) < 4.78 is 0. The Morgan fingerprint density at radius 3 is 2.67 bits per heavy atom. The van der Waals surface area contributed by atoms with Crippen LogP contribution in [0.2, 0.25) is 0 Å². The summed E-state index contributed by atoms with van der Waals surface area (Å²) in [5, 5.41) is 3.53. The van der Waals surface area contributed by atoms with E-state index in [0.29, 0.717) is 5.82 Å². The van der Waals surface area contributed by atoms with Gasteiger partial charge in [0.25, 0.3) is 5.91 Å². The first-order chi connectivity index (χ1) is 11.7. The van der Waals surface area contributed by atoms with Crippen LogP contribution in [0.25, 0.3) is 0 Å². The van der Waals surface area contributed by atoms with E-state index in [1.807, 2.05) is 30.3 Å². The molecule has 1 aliphatic heterocycles. The first-order valence-electron chi connectivity index (χ1n) is 8.37. The molecule has 0 saturated carbocycles. The highest BCUT2D eigenvalue weighted by Crippen LogP contribution is 2.19. The van der Waals surface area contributed by atoms with Gasteiger partial charge in [0, 0.05) is 19.3 Å². The molecule has 0 spiro atoms. The first-order valence-corrected chi connectivity index (χ1v) is 8.37. The molecule has 1 aromatic heterocycles. The first kappa shape index (κ1) is 16.5. The van der Waals surface area contributed by atoms with Gasteiger partial charge in [-0.1, -0.05) is 30.3 Å². The van der Waals surface area contributed by atoms with Crippen LogP contribution in [-0.4, -0.2) is 47.0 Å². The maximum absolute atomic E-state index is 11.4. The van der Waals surface area contributed by atoms with Crippen LogP contribution in [0.15, 0.2) is 42.6 Å². The van der Waals surface area contributed by atoms with Crippen molar-refractivity contribution in [1.82, 2.24) is 20.2 Å². The quantitative estimate of drug-likeness (QED) is 0.803. The second-order valence-corrected chi connectivity index (χ2v) is 6.01. The number of nitrogens with zero attached hydrogens (tertiary/aromatic N) is 3. The number of aromatic nitrogens is 2. The molecule has 1 saturated heterocycles. The summed E-state index contributed by atoms with van der Waals surface area (Å²) in [5.41, 5.74) is 6.66. The summed E-state index contributed by atoms with van der Waals surface area (Å²) >= 11 is 0. The standard InChI is InChI=1S/C18H23N5O/c19-17(24)15-8-9-21-18(22-15)16(14-6-2-1-3-7-14)20-10-13-23-11-4-5-12-23/h1-3,6-9,16,20H,4-5,10-13H2,(H2,19,24). The number of primary amides is 1. The predicted molar refractivity (Wildman–Crippen MR) is 92.5 cm³/mol. The lowest BCUT2D eigenvalue weighted by Gasteiger charge is -2.21. The van der Waals surface area contributed by atoms with E-state index in [4.69, 9.17) is 5.73 Å². The van der Waals surface area contributed by atoms with Crippen molar-refractivity contribution >= 4 is 5.91 Å². The molecule has 1 atom stereocenters. The van der Waals surface area contributed by atoms with E-state index in [1.165, 1.54) is 32.0 Å². The van der Waals surface area contributed by atoms with Gasteiger partial charge in [-0.15, -0.1) is 0 Å². The van der Waals surface area contributed by atoms with Crippen LogP contribution in [0.4, 0.5) is 0 Å². The van der Waals surface area contributed by atoms with Crippen LogP contribution in [0, 0.1) is 0 Å². The molecule has 1 aromatic carbocycles. The maximum Gasteiger partial charge on any atom is 0.267 e. The fraction of sp³-hybridized carbons (Fsp3) is 0.389. The second kappa shape index (κ2) is 7.99. The number of amides is 1. The van der Waals surface area contributed by atoms with Crippen molar-refractivity contribution in [3.8, 4) is 0 Å². The molecule has 1 unspecified atom stereocenters. The number of likely N-dealkylation sites (tertiary alicyclic amines) is 1. The third kappa shape index (κ3) is 4.15. The molecule has 3 rings (SSSR count). The average Bonchev–Trinajstić information content (AvgIpc) is 3.13. The summed E-state index contributed by atoms with van der Waals surface area (Å²) in [6, 6.07) is 11.4. The number of carbonyl (C=O) groups excluding carboxylic acids is 1. The SMILES string of the molecule is NC(=O)c1ccnc(C(NCCN2CCCC2)c2ccccc2)n1. The molecule has 6 nitrogen and oxygen atoms in total. The van der Waals surface area contributed by atoms with E-state index in [0.717, 1.165) is 18.7 Å². The Kier molecular flexibility index (Phi) is 5.51. The van der Waals surface area contributed by atoms with Crippen LogP contribution in [-0.2, 0) is 0 Å². The summed E-state index contributed by atoms with van der Waals surface area (Å²) in [7, 11) is 0. The van der Waals surface area contributed by atoms with Crippen LogP contribution in [0.1, 0.15) is 40.8 Å². The molecule has 1 fully saturated rings. The second-order valence-electron chi connectivity index (χ2n) is 6.01. The molecule has 1 aliphatic rings. The van der Waals surface area contributed by atoms with Crippen LogP contribution in [0.3, 0.4) is 0 Å². The lowest BCUT2D eigenvalue weighted by atomic mass is 10.1. The average molecular weight is 325 g/mol. The highest BCUT2D eigenvalue weighted by molar-refractivity contribution is 5.90. The molecule has 3 N–H and O–H groups in total. The van der Waals surface area contributed by atoms with Crippen molar-refractivity contribution in [1.29, 1.82) is 0 Å². The van der Waals surface area contributed by atoms with Crippen LogP contribution < -0.4 is 11.1 Å². The Hall–Kier alpha value is -2.31. The molecule has 2 heterocycles. The smallest absolute Gasteiger partial charge is 0.267 e. The minimum absolute atomic E-state index is 0.159. The van der Waals surface area contributed by atoms with Crippen molar-refractivity contribution in [2.45, 2.75) is 18.9 Å². The van der Waals surface area contributed by atoms with Gasteiger partial charge in [0.15, 0.2) is 5.82 Å². The van der Waals surface area contributed by atoms with Gasteiger partial charge in [-0.05, 0) is 37.6 Å². The maximum atomic E-state index is 11.4. The molecule has 0 aliphatic carbocycles. The van der Waals surface area contributed by atoms with Crippen molar-refractivity contribution in [2.24, 2.45) is 5.73 Å². The van der Waals surface area contributed by atoms with E-state index >= 15 is 0 Å². The summed E-state index contributed by atoms with van der Waals surface area (Å²) in [6.07, 6.45) is 4.15. The molecular formula is C18H23N5O. The third-order valence-electron chi connectivity index (χ3n) is 4.29. The number of hydrogen-bond donors (Lipinski definition) is 2. The summed E-state index contributed by atoms with van der Waals surface area (Å²) in [5.74, 6) is 0.0291. The Morgan fingerprint density at radius 2 is 1.96 bits per heavy atom. The molecule has 2 aromatic rings. The predicted octanol–water partition coefficient (Wildman–Crippen LogP) is 1.35. The van der Waals surface area contributed by atoms with Gasteiger partial charge in [-0.2, -0.15) is 0 Å². The van der Waals surface area contributed by atoms with Gasteiger partial charge in [0.05, 0.1) is 6.04 Å². The highest BCUT2D eigenvalue weighted by Gasteiger charge is 2.19. The molecule has 0 bridgehead atoms. The molecule has 6 heteroatoms. The van der Waals surface area contributed by atoms with Gasteiger partial charge in [0.1, 0.15) is 5.69 Å². The number of nitrogens with two attached hydrogens (primary N) is 1. The zero-order valence-electron chi connectivity index (χ0n) is 13.7. The minimum atomic E-state index is -0.539. The normalized spacial score (nSPS) is 16.2. The van der Waals surface area contributed by atoms with Crippen molar-refractivity contribution in [3.63, 3.8) is 0 Å². The third-order valence-corrected chi connectivity index (χ3v) is 4.29. The minimum Gasteiger partial charge on any atom is -0.364 e. The lowest BCUT2D eigenvalue weighted by molar-refractivity contribution is 0.0995. The molecule has 126 valence electrons. The van der Waals surface area contributed by atoms with Crippen LogP contribution >= 0.6 is 0 Å². The summed E-state index contributed by atoms with van der Waals surface area (Å²) in [6.45, 7) is 4.18. The molecular weight excluding hydrogens is 302 g/mol. The lowest BCUT2D eigenvalue weighted by Crippen LogP contribution is -2.33. The Morgan fingerprint density at radius 1 is 1.21 bits per heavy atom. The monoisotopic (exact) mass is 325 g/mol. The van der Waals surface area contributed by atoms with E-state index in [2.05, 4.69) is 20.2 Å². The van der Waals surface area contributed by atoms with Gasteiger partial charge < -0.3 is 16.0 Å². The number of hydrogen-bond acceptors (Lipinski definition) is 5. The molecule has 24 heavy (non-hydrogen) atoms. The highest BCUT2D eigenvalue weighted by atomic mass is 16.1. The van der Waals surface area contributed by atoms with E-state index in [1.54, 1.807) is 6.20 Å². The number of nitrogens with one attached hydrogen (secondary N) is 1. The fourth-order valence-electron chi connectivity index (χ4n) is 3.03. The number of rotatable bonds is 7. The largest absolute Gasteiger partial charge is 0.364 e. The zero-order valence-corrected chi connectivity index (χ0v) is 13.7. The number of benzene rings is 1. The Balaban J connectivity index is 1.76. The molecule has 1 amide bonds. The van der Waals surface area contributed by atoms with E-state index in [9.17, 15) is 4.79 Å². The van der Waals surface area contributed by atoms with Crippen molar-refractivity contribution in [2.75, 3.05) is 26.2 Å². The Labute approximate surface area is 142 Å². The van der Waals surface area contributed by atoms with Crippen molar-refractivity contribution < 1.29 is 4.79 Å². The van der Waals surface area contributed by atoms with Gasteiger partial charge in [-0.25, -0.2) is 9.97 Å². The van der Waals surface area contributed by atoms with Crippen molar-refractivity contribution in [3.05, 3.63) is 59.7 Å².